The Balaban J connectivity index is 1.90. The Kier molecular flexibility index (Phi) is 6.98. The average molecular weight is 479 g/mol. The zero-order valence-electron chi connectivity index (χ0n) is 19.5. The number of para-hydroxylation sites is 1. The van der Waals surface area contributed by atoms with Crippen LogP contribution in [0.25, 0.3) is 6.08 Å². The van der Waals surface area contributed by atoms with E-state index in [9.17, 15) is 9.59 Å². The number of allylic oxidation sites excluding steroid dienone is 1. The number of aromatic nitrogens is 1. The largest absolute Gasteiger partial charge is 0.496 e. The molecule has 1 aliphatic rings. The second-order valence-corrected chi connectivity index (χ2v) is 8.74. The van der Waals surface area contributed by atoms with Crippen molar-refractivity contribution >= 4 is 23.4 Å². The molecule has 3 aromatic rings. The quantitative estimate of drug-likeness (QED) is 0.488. The van der Waals surface area contributed by atoms with Gasteiger partial charge in [0.05, 0.1) is 42.7 Å². The van der Waals surface area contributed by atoms with E-state index >= 15 is 0 Å². The van der Waals surface area contributed by atoms with Gasteiger partial charge in [-0.2, -0.15) is 0 Å². The number of methoxy groups -OCH3 is 2. The van der Waals surface area contributed by atoms with Gasteiger partial charge in [0, 0.05) is 5.56 Å². The van der Waals surface area contributed by atoms with E-state index in [2.05, 4.69) is 4.99 Å². The Morgan fingerprint density at radius 2 is 1.88 bits per heavy atom. The first-order chi connectivity index (χ1) is 16.5. The molecule has 0 radical (unpaired) electrons. The lowest BCUT2D eigenvalue weighted by molar-refractivity contribution is -0.136. The highest BCUT2D eigenvalue weighted by Crippen LogP contribution is 2.31. The topological polar surface area (TPSA) is 79.1 Å². The third kappa shape index (κ3) is 4.41. The summed E-state index contributed by atoms with van der Waals surface area (Å²) in [6.07, 6.45) is 2.69. The third-order valence-corrected chi connectivity index (χ3v) is 6.50. The predicted molar refractivity (Wildman–Crippen MR) is 131 cm³/mol. The number of benzene rings is 2. The fourth-order valence-electron chi connectivity index (χ4n) is 3.90. The van der Waals surface area contributed by atoms with Crippen LogP contribution in [0.3, 0.4) is 0 Å². The Morgan fingerprint density at radius 1 is 1.15 bits per heavy atom. The second-order valence-electron chi connectivity index (χ2n) is 7.73. The molecule has 2 heterocycles. The molecule has 7 nitrogen and oxygen atoms in total. The molecular formula is C26H26N2O5S. The van der Waals surface area contributed by atoms with E-state index in [1.54, 1.807) is 24.7 Å². The Morgan fingerprint density at radius 3 is 2.56 bits per heavy atom. The molecule has 0 amide bonds. The SMILES string of the molecule is CCCOc1ccc(C2C(C(=O)OC)=C(C)N=c3s/c(=C\c4ccccc4OC)c(=O)n32)cc1. The zero-order valence-corrected chi connectivity index (χ0v) is 20.3. The highest BCUT2D eigenvalue weighted by molar-refractivity contribution is 7.07. The van der Waals surface area contributed by atoms with Crippen molar-refractivity contribution in [2.75, 3.05) is 20.8 Å². The van der Waals surface area contributed by atoms with E-state index in [-0.39, 0.29) is 5.56 Å². The number of carbonyl (C=O) groups is 1. The molecule has 2 aromatic carbocycles. The molecule has 8 heteroatoms. The highest BCUT2D eigenvalue weighted by Gasteiger charge is 2.33. The molecule has 1 unspecified atom stereocenters. The van der Waals surface area contributed by atoms with E-state index in [1.807, 2.05) is 55.5 Å². The van der Waals surface area contributed by atoms with Gasteiger partial charge in [-0.05, 0) is 43.2 Å². The van der Waals surface area contributed by atoms with Crippen molar-refractivity contribution in [3.63, 3.8) is 0 Å². The van der Waals surface area contributed by atoms with Crippen molar-refractivity contribution in [1.82, 2.24) is 4.57 Å². The number of carbonyl (C=O) groups excluding carboxylic acids is 1. The van der Waals surface area contributed by atoms with Crippen molar-refractivity contribution in [3.05, 3.63) is 90.6 Å². The second kappa shape index (κ2) is 10.1. The minimum absolute atomic E-state index is 0.236. The molecule has 0 bridgehead atoms. The number of hydrogen-bond donors (Lipinski definition) is 0. The first kappa shape index (κ1) is 23.5. The molecule has 0 N–H and O–H groups in total. The average Bonchev–Trinajstić information content (AvgIpc) is 3.16. The Bertz CT molecular complexity index is 1420. The molecule has 1 aromatic heterocycles. The van der Waals surface area contributed by atoms with E-state index in [4.69, 9.17) is 14.2 Å². The molecule has 34 heavy (non-hydrogen) atoms. The van der Waals surface area contributed by atoms with Crippen molar-refractivity contribution in [2.45, 2.75) is 26.3 Å². The summed E-state index contributed by atoms with van der Waals surface area (Å²) in [7, 11) is 2.92. The van der Waals surface area contributed by atoms with Gasteiger partial charge in [0.2, 0.25) is 0 Å². The van der Waals surface area contributed by atoms with Gasteiger partial charge in [0.25, 0.3) is 5.56 Å². The number of hydrogen-bond acceptors (Lipinski definition) is 7. The zero-order chi connectivity index (χ0) is 24.2. The van der Waals surface area contributed by atoms with E-state index < -0.39 is 12.0 Å². The fourth-order valence-corrected chi connectivity index (χ4v) is 4.94. The van der Waals surface area contributed by atoms with Crippen molar-refractivity contribution in [2.24, 2.45) is 4.99 Å². The van der Waals surface area contributed by atoms with Gasteiger partial charge < -0.3 is 14.2 Å². The molecule has 176 valence electrons. The number of rotatable bonds is 7. The molecule has 1 aliphatic heterocycles. The van der Waals surface area contributed by atoms with Crippen molar-refractivity contribution in [3.8, 4) is 11.5 Å². The molecular weight excluding hydrogens is 452 g/mol. The monoisotopic (exact) mass is 478 g/mol. The summed E-state index contributed by atoms with van der Waals surface area (Å²) in [4.78, 5) is 31.5. The van der Waals surface area contributed by atoms with Crippen molar-refractivity contribution < 1.29 is 19.0 Å². The molecule has 0 fully saturated rings. The number of fused-ring (bicyclic) bond motifs is 1. The summed E-state index contributed by atoms with van der Waals surface area (Å²) in [5, 5.41) is 0. The Labute approximate surface area is 201 Å². The summed E-state index contributed by atoms with van der Waals surface area (Å²) >= 11 is 1.28. The molecule has 0 saturated heterocycles. The van der Waals surface area contributed by atoms with Gasteiger partial charge in [-0.15, -0.1) is 0 Å². The van der Waals surface area contributed by atoms with Gasteiger partial charge in [0.15, 0.2) is 4.80 Å². The molecule has 1 atom stereocenters. The van der Waals surface area contributed by atoms with E-state index in [0.717, 1.165) is 23.3 Å². The van der Waals surface area contributed by atoms with Crippen LogP contribution in [0.2, 0.25) is 0 Å². The lowest BCUT2D eigenvalue weighted by atomic mass is 9.96. The lowest BCUT2D eigenvalue weighted by Gasteiger charge is -2.24. The molecule has 0 aliphatic carbocycles. The maximum absolute atomic E-state index is 13.6. The molecule has 0 spiro atoms. The van der Waals surface area contributed by atoms with Crippen LogP contribution < -0.4 is 24.4 Å². The molecule has 0 saturated carbocycles. The Hall–Kier alpha value is -3.65. The normalized spacial score (nSPS) is 15.5. The first-order valence-electron chi connectivity index (χ1n) is 10.9. The number of esters is 1. The van der Waals surface area contributed by atoms with Gasteiger partial charge >= 0.3 is 5.97 Å². The molecule has 4 rings (SSSR count). The van der Waals surface area contributed by atoms with Crippen LogP contribution >= 0.6 is 11.3 Å². The minimum Gasteiger partial charge on any atom is -0.496 e. The van der Waals surface area contributed by atoms with E-state index in [1.165, 1.54) is 18.4 Å². The van der Waals surface area contributed by atoms with Crippen LogP contribution in [0, 0.1) is 0 Å². The fraction of sp³-hybridized carbons (Fsp3) is 0.269. The summed E-state index contributed by atoms with van der Waals surface area (Å²) in [5.41, 5.74) is 2.17. The minimum atomic E-state index is -0.663. The van der Waals surface area contributed by atoms with Crippen LogP contribution in [0.1, 0.15) is 37.4 Å². The van der Waals surface area contributed by atoms with Gasteiger partial charge in [-0.3, -0.25) is 9.36 Å². The van der Waals surface area contributed by atoms with Crippen LogP contribution in [0.5, 0.6) is 11.5 Å². The summed E-state index contributed by atoms with van der Waals surface area (Å²) in [5.74, 6) is 0.880. The number of thiazole rings is 1. The summed E-state index contributed by atoms with van der Waals surface area (Å²) < 4.78 is 18.2. The van der Waals surface area contributed by atoms with Crippen molar-refractivity contribution in [1.29, 1.82) is 0 Å². The van der Waals surface area contributed by atoms with Crippen LogP contribution in [-0.2, 0) is 9.53 Å². The van der Waals surface area contributed by atoms with Crippen LogP contribution in [-0.4, -0.2) is 31.4 Å². The standard InChI is InChI=1S/C26H26N2O5S/c1-5-14-33-19-12-10-17(11-13-19)23-22(25(30)32-4)16(2)27-26-28(23)24(29)21(34-26)15-18-8-6-7-9-20(18)31-3/h6-13,15,23H,5,14H2,1-4H3/b21-15-. The maximum atomic E-state index is 13.6. The number of nitrogens with zero attached hydrogens (tertiary/aromatic N) is 2. The van der Waals surface area contributed by atoms with E-state index in [0.29, 0.717) is 33.0 Å². The van der Waals surface area contributed by atoms with Gasteiger partial charge in [0.1, 0.15) is 11.5 Å². The third-order valence-electron chi connectivity index (χ3n) is 5.52. The first-order valence-corrected chi connectivity index (χ1v) is 11.8. The summed E-state index contributed by atoms with van der Waals surface area (Å²) in [6, 6.07) is 14.3. The predicted octanol–water partition coefficient (Wildman–Crippen LogP) is 3.21. The maximum Gasteiger partial charge on any atom is 0.338 e. The van der Waals surface area contributed by atoms with Gasteiger partial charge in [-0.25, -0.2) is 9.79 Å². The summed E-state index contributed by atoms with van der Waals surface area (Å²) in [6.45, 7) is 4.42. The smallest absolute Gasteiger partial charge is 0.338 e. The number of ether oxygens (including phenoxy) is 3. The lowest BCUT2D eigenvalue weighted by Crippen LogP contribution is -2.39. The van der Waals surface area contributed by atoms with Gasteiger partial charge in [-0.1, -0.05) is 48.6 Å². The highest BCUT2D eigenvalue weighted by atomic mass is 32.1. The van der Waals surface area contributed by atoms with Crippen LogP contribution in [0.15, 0.2) is 69.6 Å². The van der Waals surface area contributed by atoms with Crippen LogP contribution in [0.4, 0.5) is 0 Å².